The number of allylic oxidation sites excluding steroid dienone is 3. The van der Waals surface area contributed by atoms with E-state index in [2.05, 4.69) is 42.7 Å². The molecule has 2 aromatic carbocycles. The van der Waals surface area contributed by atoms with E-state index in [0.717, 1.165) is 33.4 Å². The van der Waals surface area contributed by atoms with Crippen molar-refractivity contribution in [1.29, 1.82) is 5.26 Å². The van der Waals surface area contributed by atoms with E-state index < -0.39 is 0 Å². The maximum absolute atomic E-state index is 13.6. The van der Waals surface area contributed by atoms with Gasteiger partial charge in [0, 0.05) is 4.90 Å². The number of nitrogens with zero attached hydrogens (tertiary/aromatic N) is 1. The van der Waals surface area contributed by atoms with Gasteiger partial charge in [0.15, 0.2) is 0 Å². The minimum Gasteiger partial charge on any atom is -0.207 e. The first-order valence-corrected chi connectivity index (χ1v) is 8.59. The number of thioether (sulfide) groups is 1. The lowest BCUT2D eigenvalue weighted by atomic mass is 10.0. The molecule has 0 saturated heterocycles. The second-order valence-corrected chi connectivity index (χ2v) is 6.34. The van der Waals surface area contributed by atoms with E-state index in [1.165, 1.54) is 17.0 Å². The SMILES string of the molecule is CSc1ccc(C=C2C(C)=C(CC#N)c3cc(F)ccc32)cc1. The molecule has 3 heteroatoms. The molecule has 0 heterocycles. The summed E-state index contributed by atoms with van der Waals surface area (Å²) in [5.74, 6) is -0.266. The molecule has 23 heavy (non-hydrogen) atoms. The van der Waals surface area contributed by atoms with Crippen LogP contribution in [0.4, 0.5) is 4.39 Å². The highest BCUT2D eigenvalue weighted by atomic mass is 32.2. The minimum atomic E-state index is -0.266. The molecule has 1 aliphatic rings. The van der Waals surface area contributed by atoms with Crippen LogP contribution in [0.2, 0.25) is 0 Å². The Labute approximate surface area is 140 Å². The number of fused-ring (bicyclic) bond motifs is 1. The van der Waals surface area contributed by atoms with E-state index in [-0.39, 0.29) is 5.82 Å². The molecule has 0 radical (unpaired) electrons. The van der Waals surface area contributed by atoms with Gasteiger partial charge in [-0.1, -0.05) is 18.2 Å². The van der Waals surface area contributed by atoms with Crippen molar-refractivity contribution in [2.45, 2.75) is 18.2 Å². The topological polar surface area (TPSA) is 23.8 Å². The van der Waals surface area contributed by atoms with Gasteiger partial charge in [-0.05, 0) is 76.9 Å². The van der Waals surface area contributed by atoms with Crippen molar-refractivity contribution >= 4 is 29.0 Å². The van der Waals surface area contributed by atoms with Gasteiger partial charge in [-0.15, -0.1) is 11.8 Å². The highest BCUT2D eigenvalue weighted by molar-refractivity contribution is 7.98. The zero-order valence-corrected chi connectivity index (χ0v) is 13.9. The molecule has 0 amide bonds. The quantitative estimate of drug-likeness (QED) is 0.668. The predicted octanol–water partition coefficient (Wildman–Crippen LogP) is 5.79. The molecular weight excluding hydrogens is 305 g/mol. The van der Waals surface area contributed by atoms with Crippen LogP contribution in [0.1, 0.15) is 30.0 Å². The van der Waals surface area contributed by atoms with E-state index in [0.29, 0.717) is 6.42 Å². The third-order valence-corrected chi connectivity index (χ3v) is 4.88. The lowest BCUT2D eigenvalue weighted by Gasteiger charge is -2.05. The first-order chi connectivity index (χ1) is 11.1. The summed E-state index contributed by atoms with van der Waals surface area (Å²) in [4.78, 5) is 1.22. The van der Waals surface area contributed by atoms with Crippen molar-refractivity contribution in [3.63, 3.8) is 0 Å². The Bertz CT molecular complexity index is 854. The van der Waals surface area contributed by atoms with Crippen LogP contribution in [-0.4, -0.2) is 6.26 Å². The van der Waals surface area contributed by atoms with Gasteiger partial charge < -0.3 is 0 Å². The fraction of sp³-hybridized carbons (Fsp3) is 0.150. The third-order valence-electron chi connectivity index (χ3n) is 4.14. The Hall–Kier alpha value is -2.31. The van der Waals surface area contributed by atoms with Crippen LogP contribution in [0, 0.1) is 17.1 Å². The van der Waals surface area contributed by atoms with E-state index in [4.69, 9.17) is 5.26 Å². The molecule has 0 N–H and O–H groups in total. The predicted molar refractivity (Wildman–Crippen MR) is 95.3 cm³/mol. The molecule has 0 spiro atoms. The molecule has 0 saturated carbocycles. The highest BCUT2D eigenvalue weighted by Crippen LogP contribution is 2.43. The van der Waals surface area contributed by atoms with Crippen LogP contribution in [0.15, 0.2) is 52.9 Å². The number of rotatable bonds is 3. The average Bonchev–Trinajstić information content (AvgIpc) is 2.81. The summed E-state index contributed by atoms with van der Waals surface area (Å²) in [6.07, 6.45) is 4.46. The summed E-state index contributed by atoms with van der Waals surface area (Å²) in [6, 6.07) is 15.3. The fourth-order valence-electron chi connectivity index (χ4n) is 2.93. The number of hydrogen-bond acceptors (Lipinski definition) is 2. The summed E-state index contributed by atoms with van der Waals surface area (Å²) in [6.45, 7) is 2.01. The maximum atomic E-state index is 13.6. The van der Waals surface area contributed by atoms with Gasteiger partial charge in [0.2, 0.25) is 0 Å². The lowest BCUT2D eigenvalue weighted by molar-refractivity contribution is 0.627. The summed E-state index contributed by atoms with van der Waals surface area (Å²) >= 11 is 1.71. The molecule has 0 fully saturated rings. The van der Waals surface area contributed by atoms with Gasteiger partial charge >= 0.3 is 0 Å². The van der Waals surface area contributed by atoms with Gasteiger partial charge in [-0.2, -0.15) is 5.26 Å². The first-order valence-electron chi connectivity index (χ1n) is 7.37. The number of hydrogen-bond donors (Lipinski definition) is 0. The highest BCUT2D eigenvalue weighted by Gasteiger charge is 2.23. The Kier molecular flexibility index (Phi) is 4.36. The van der Waals surface area contributed by atoms with E-state index in [1.54, 1.807) is 17.8 Å². The average molecular weight is 321 g/mol. The third kappa shape index (κ3) is 2.95. The molecule has 0 unspecified atom stereocenters. The molecule has 0 aromatic heterocycles. The summed E-state index contributed by atoms with van der Waals surface area (Å²) < 4.78 is 13.6. The second-order valence-electron chi connectivity index (χ2n) is 5.46. The number of benzene rings is 2. The molecule has 1 nitrogen and oxygen atoms in total. The van der Waals surface area contributed by atoms with E-state index in [1.807, 2.05) is 6.92 Å². The normalized spacial score (nSPS) is 15.0. The Morgan fingerprint density at radius 2 is 1.87 bits per heavy atom. The van der Waals surface area contributed by atoms with E-state index in [9.17, 15) is 4.39 Å². The van der Waals surface area contributed by atoms with Crippen molar-refractivity contribution in [1.82, 2.24) is 0 Å². The number of nitriles is 1. The monoisotopic (exact) mass is 321 g/mol. The van der Waals surface area contributed by atoms with Crippen molar-refractivity contribution in [3.8, 4) is 6.07 Å². The molecule has 0 bridgehead atoms. The number of halogens is 1. The molecule has 0 atom stereocenters. The van der Waals surface area contributed by atoms with Crippen LogP contribution in [0.25, 0.3) is 17.2 Å². The van der Waals surface area contributed by atoms with Gasteiger partial charge in [0.25, 0.3) is 0 Å². The van der Waals surface area contributed by atoms with Gasteiger partial charge in [-0.25, -0.2) is 4.39 Å². The van der Waals surface area contributed by atoms with Crippen LogP contribution < -0.4 is 0 Å². The first kappa shape index (κ1) is 15.6. The molecule has 2 aromatic rings. The smallest absolute Gasteiger partial charge is 0.123 e. The Morgan fingerprint density at radius 3 is 2.52 bits per heavy atom. The van der Waals surface area contributed by atoms with Crippen LogP contribution >= 0.6 is 11.8 Å². The summed E-state index contributed by atoms with van der Waals surface area (Å²) in [7, 11) is 0. The molecule has 114 valence electrons. The zero-order chi connectivity index (χ0) is 16.4. The zero-order valence-electron chi connectivity index (χ0n) is 13.1. The van der Waals surface area contributed by atoms with Crippen molar-refractivity contribution in [2.75, 3.05) is 6.26 Å². The van der Waals surface area contributed by atoms with Crippen molar-refractivity contribution < 1.29 is 4.39 Å². The van der Waals surface area contributed by atoms with Gasteiger partial charge in [-0.3, -0.25) is 0 Å². The summed E-state index contributed by atoms with van der Waals surface area (Å²) in [5.41, 5.74) is 6.00. The van der Waals surface area contributed by atoms with Crippen molar-refractivity contribution in [3.05, 3.63) is 70.5 Å². The standard InChI is InChI=1S/C20H16FNS/c1-13-17(9-10-22)20-12-15(21)5-8-18(20)19(13)11-14-3-6-16(23-2)7-4-14/h3-8,11-12H,9H2,1-2H3. The Morgan fingerprint density at radius 1 is 1.13 bits per heavy atom. The molecular formula is C20H16FNS. The van der Waals surface area contributed by atoms with Crippen LogP contribution in [0.5, 0.6) is 0 Å². The van der Waals surface area contributed by atoms with Gasteiger partial charge in [0.05, 0.1) is 12.5 Å². The molecule has 3 rings (SSSR count). The largest absolute Gasteiger partial charge is 0.207 e. The van der Waals surface area contributed by atoms with Crippen LogP contribution in [-0.2, 0) is 0 Å². The van der Waals surface area contributed by atoms with Gasteiger partial charge in [0.1, 0.15) is 5.82 Å². The molecule has 0 aliphatic heterocycles. The second kappa shape index (κ2) is 6.44. The van der Waals surface area contributed by atoms with E-state index >= 15 is 0 Å². The maximum Gasteiger partial charge on any atom is 0.123 e. The minimum absolute atomic E-state index is 0.266. The fourth-order valence-corrected chi connectivity index (χ4v) is 3.34. The Balaban J connectivity index is 2.11. The van der Waals surface area contributed by atoms with Crippen LogP contribution in [0.3, 0.4) is 0 Å². The summed E-state index contributed by atoms with van der Waals surface area (Å²) in [5, 5.41) is 9.07. The van der Waals surface area contributed by atoms with Crippen molar-refractivity contribution in [2.24, 2.45) is 0 Å². The lowest BCUT2D eigenvalue weighted by Crippen LogP contribution is -1.86. The molecule has 1 aliphatic carbocycles.